The first-order chi connectivity index (χ1) is 8.14. The van der Waals surface area contributed by atoms with Crippen LogP contribution >= 0.6 is 0 Å². The maximum atomic E-state index is 11.5. The minimum atomic E-state index is -2.83. The second-order valence-corrected chi connectivity index (χ2v) is 8.13. The second kappa shape index (κ2) is 5.57. The zero-order valence-corrected chi connectivity index (χ0v) is 12.4. The Hall–Kier alpha value is -0.620. The number of rotatable bonds is 5. The molecule has 0 spiro atoms. The maximum absolute atomic E-state index is 11.5. The highest BCUT2D eigenvalue weighted by molar-refractivity contribution is 7.91. The Morgan fingerprint density at radius 2 is 2.11 bits per heavy atom. The van der Waals surface area contributed by atoms with Crippen LogP contribution in [0.15, 0.2) is 0 Å². The summed E-state index contributed by atoms with van der Waals surface area (Å²) in [5.41, 5.74) is 5.28. The molecule has 1 heterocycles. The average Bonchev–Trinajstić information content (AvgIpc) is 2.20. The molecule has 0 aromatic heterocycles. The Balaban J connectivity index is 2.39. The smallest absolute Gasteiger partial charge is 0.153 e. The molecule has 1 aliphatic rings. The lowest BCUT2D eigenvalue weighted by Gasteiger charge is -2.34. The fraction of sp³-hybridized carbons (Fsp3) is 0.917. The van der Waals surface area contributed by atoms with Gasteiger partial charge in [-0.2, -0.15) is 0 Å². The van der Waals surface area contributed by atoms with Crippen LogP contribution in [0.5, 0.6) is 0 Å². The van der Waals surface area contributed by atoms with Gasteiger partial charge in [0, 0.05) is 18.0 Å². The molecular weight excluding hydrogens is 250 g/mol. The second-order valence-electron chi connectivity index (χ2n) is 5.90. The minimum absolute atomic E-state index is 0.101. The molecule has 0 aromatic rings. The molecular formula is C12H25N3O2S. The van der Waals surface area contributed by atoms with Crippen molar-refractivity contribution in [1.29, 1.82) is 5.41 Å². The van der Waals surface area contributed by atoms with Crippen LogP contribution in [0.25, 0.3) is 0 Å². The van der Waals surface area contributed by atoms with E-state index in [0.717, 1.165) is 19.4 Å². The average molecular weight is 275 g/mol. The first-order valence-electron chi connectivity index (χ1n) is 6.43. The third-order valence-corrected chi connectivity index (χ3v) is 5.58. The van der Waals surface area contributed by atoms with Gasteiger partial charge in [0.15, 0.2) is 9.84 Å². The molecule has 1 unspecified atom stereocenters. The van der Waals surface area contributed by atoms with Crippen LogP contribution in [-0.2, 0) is 9.84 Å². The zero-order chi connectivity index (χ0) is 14.0. The molecule has 18 heavy (non-hydrogen) atoms. The van der Waals surface area contributed by atoms with Crippen LogP contribution in [0.2, 0.25) is 0 Å². The topological polar surface area (TPSA) is 87.2 Å². The van der Waals surface area contributed by atoms with Crippen LogP contribution in [0.1, 0.15) is 33.6 Å². The number of hydrogen-bond donors (Lipinski definition) is 2. The summed E-state index contributed by atoms with van der Waals surface area (Å²) in [6, 6.07) is 0.101. The summed E-state index contributed by atoms with van der Waals surface area (Å²) in [6.45, 7) is 7.42. The van der Waals surface area contributed by atoms with Gasteiger partial charge in [-0.25, -0.2) is 8.42 Å². The zero-order valence-electron chi connectivity index (χ0n) is 11.6. The summed E-state index contributed by atoms with van der Waals surface area (Å²) in [7, 11) is -2.83. The molecule has 1 fully saturated rings. The molecule has 1 atom stereocenters. The van der Waals surface area contributed by atoms with E-state index in [2.05, 4.69) is 4.90 Å². The third kappa shape index (κ3) is 4.24. The first-order valence-corrected chi connectivity index (χ1v) is 8.25. The lowest BCUT2D eigenvalue weighted by atomic mass is 9.86. The molecule has 0 saturated carbocycles. The molecule has 1 rings (SSSR count). The predicted molar refractivity (Wildman–Crippen MR) is 74.6 cm³/mol. The Labute approximate surface area is 110 Å². The monoisotopic (exact) mass is 275 g/mol. The summed E-state index contributed by atoms with van der Waals surface area (Å²) < 4.78 is 22.9. The summed E-state index contributed by atoms with van der Waals surface area (Å²) in [5.74, 6) is 0.757. The van der Waals surface area contributed by atoms with Crippen molar-refractivity contribution >= 4 is 15.7 Å². The quantitative estimate of drug-likeness (QED) is 0.575. The van der Waals surface area contributed by atoms with Gasteiger partial charge >= 0.3 is 0 Å². The highest BCUT2D eigenvalue weighted by atomic mass is 32.2. The molecule has 6 heteroatoms. The summed E-state index contributed by atoms with van der Waals surface area (Å²) in [4.78, 5) is 2.22. The highest BCUT2D eigenvalue weighted by Crippen LogP contribution is 2.22. The van der Waals surface area contributed by atoms with E-state index in [9.17, 15) is 8.42 Å². The van der Waals surface area contributed by atoms with E-state index in [1.165, 1.54) is 0 Å². The largest absolute Gasteiger partial charge is 0.387 e. The van der Waals surface area contributed by atoms with Crippen LogP contribution in [0.4, 0.5) is 0 Å². The van der Waals surface area contributed by atoms with E-state index in [1.54, 1.807) is 0 Å². The number of nitrogens with zero attached hydrogens (tertiary/aromatic N) is 1. The van der Waals surface area contributed by atoms with Crippen molar-refractivity contribution in [2.75, 3.05) is 24.6 Å². The van der Waals surface area contributed by atoms with Gasteiger partial charge in [0.25, 0.3) is 0 Å². The van der Waals surface area contributed by atoms with Crippen molar-refractivity contribution in [1.82, 2.24) is 4.90 Å². The van der Waals surface area contributed by atoms with Gasteiger partial charge in [-0.3, -0.25) is 10.3 Å². The first kappa shape index (κ1) is 15.4. The van der Waals surface area contributed by atoms with Gasteiger partial charge in [-0.15, -0.1) is 0 Å². The van der Waals surface area contributed by atoms with Crippen LogP contribution < -0.4 is 5.73 Å². The normalized spacial score (nSPS) is 24.9. The Bertz CT molecular complexity index is 404. The molecule has 3 N–H and O–H groups in total. The fourth-order valence-electron chi connectivity index (χ4n) is 2.22. The van der Waals surface area contributed by atoms with Crippen LogP contribution in [0, 0.1) is 10.8 Å². The lowest BCUT2D eigenvalue weighted by Crippen LogP contribution is -2.47. The standard InChI is InChI=1S/C12H25N3O2S/c1-10-9-18(16,17)8-7-15(10)6-4-5-12(2,3)11(13)14/h10H,4-9H2,1-3H3,(H3,13,14). The molecule has 1 saturated heterocycles. The number of sulfone groups is 1. The minimum Gasteiger partial charge on any atom is -0.387 e. The van der Waals surface area contributed by atoms with Gasteiger partial charge in [0.05, 0.1) is 17.3 Å². The molecule has 0 aromatic carbocycles. The van der Waals surface area contributed by atoms with E-state index < -0.39 is 9.84 Å². The van der Waals surface area contributed by atoms with Gasteiger partial charge in [0.1, 0.15) is 0 Å². The molecule has 0 aliphatic carbocycles. The van der Waals surface area contributed by atoms with Crippen LogP contribution in [0.3, 0.4) is 0 Å². The van der Waals surface area contributed by atoms with E-state index >= 15 is 0 Å². The highest BCUT2D eigenvalue weighted by Gasteiger charge is 2.28. The third-order valence-electron chi connectivity index (χ3n) is 3.78. The Morgan fingerprint density at radius 1 is 1.50 bits per heavy atom. The number of nitrogens with one attached hydrogen (secondary N) is 1. The van der Waals surface area contributed by atoms with E-state index in [0.29, 0.717) is 6.54 Å². The Morgan fingerprint density at radius 3 is 2.61 bits per heavy atom. The van der Waals surface area contributed by atoms with Crippen molar-refractivity contribution in [3.8, 4) is 0 Å². The fourth-order valence-corrected chi connectivity index (χ4v) is 3.85. The lowest BCUT2D eigenvalue weighted by molar-refractivity contribution is 0.215. The molecule has 0 radical (unpaired) electrons. The SMILES string of the molecule is CC1CS(=O)(=O)CCN1CCCC(C)(C)C(=N)N. The summed E-state index contributed by atoms with van der Waals surface area (Å²) in [6.07, 6.45) is 1.80. The molecule has 0 bridgehead atoms. The number of hydrogen-bond acceptors (Lipinski definition) is 4. The summed E-state index contributed by atoms with van der Waals surface area (Å²) in [5, 5.41) is 7.50. The van der Waals surface area contributed by atoms with Crippen molar-refractivity contribution in [3.63, 3.8) is 0 Å². The predicted octanol–water partition coefficient (Wildman–Crippen LogP) is 0.848. The maximum Gasteiger partial charge on any atom is 0.153 e. The number of amidine groups is 1. The molecule has 0 amide bonds. The molecule has 106 valence electrons. The van der Waals surface area contributed by atoms with Gasteiger partial charge in [-0.05, 0) is 26.3 Å². The van der Waals surface area contributed by atoms with Gasteiger partial charge in [-0.1, -0.05) is 13.8 Å². The Kier molecular flexibility index (Phi) is 4.78. The van der Waals surface area contributed by atoms with Gasteiger partial charge < -0.3 is 5.73 Å². The van der Waals surface area contributed by atoms with Crippen molar-refractivity contribution in [3.05, 3.63) is 0 Å². The van der Waals surface area contributed by atoms with Crippen molar-refractivity contribution < 1.29 is 8.42 Å². The van der Waals surface area contributed by atoms with Gasteiger partial charge in [0.2, 0.25) is 0 Å². The molecule has 1 aliphatic heterocycles. The van der Waals surface area contributed by atoms with Crippen LogP contribution in [-0.4, -0.2) is 49.8 Å². The number of nitrogens with two attached hydrogens (primary N) is 1. The molecule has 5 nitrogen and oxygen atoms in total. The van der Waals surface area contributed by atoms with E-state index in [-0.39, 0.29) is 28.8 Å². The van der Waals surface area contributed by atoms with Crippen molar-refractivity contribution in [2.45, 2.75) is 39.7 Å². The van der Waals surface area contributed by atoms with Crippen molar-refractivity contribution in [2.24, 2.45) is 11.1 Å². The summed E-state index contributed by atoms with van der Waals surface area (Å²) >= 11 is 0. The van der Waals surface area contributed by atoms with E-state index in [1.807, 2.05) is 20.8 Å². The van der Waals surface area contributed by atoms with E-state index in [4.69, 9.17) is 11.1 Å².